The summed E-state index contributed by atoms with van der Waals surface area (Å²) in [5.41, 5.74) is 2.39. The molecule has 1 fully saturated rings. The van der Waals surface area contributed by atoms with E-state index in [1.807, 2.05) is 12.1 Å². The highest BCUT2D eigenvalue weighted by molar-refractivity contribution is 6.33. The first-order chi connectivity index (χ1) is 12.6. The molecule has 0 amide bonds. The van der Waals surface area contributed by atoms with Crippen LogP contribution in [0.2, 0.25) is 12.6 Å². The van der Waals surface area contributed by atoms with Crippen molar-refractivity contribution in [1.29, 1.82) is 0 Å². The van der Waals surface area contributed by atoms with Gasteiger partial charge in [-0.25, -0.2) is 13.2 Å². The standard InChI is InChI=1S/C22H27F3Si/c1-26-12-2-3-15-4-6-16(7-5-15)17-8-10-18(11-9-17)19-13-20(23)22(25)21(24)14-19/h8-11,13-16H,2-7,12,26H2,1H3. The van der Waals surface area contributed by atoms with E-state index in [1.165, 1.54) is 50.1 Å². The van der Waals surface area contributed by atoms with Gasteiger partial charge in [-0.1, -0.05) is 49.7 Å². The molecule has 0 spiro atoms. The number of hydrogen-bond donors (Lipinski definition) is 0. The Balaban J connectivity index is 1.62. The minimum Gasteiger partial charge on any atom is -0.204 e. The Labute approximate surface area is 156 Å². The second kappa shape index (κ2) is 8.89. The summed E-state index contributed by atoms with van der Waals surface area (Å²) in [6.07, 6.45) is 7.89. The fourth-order valence-corrected chi connectivity index (χ4v) is 4.93. The monoisotopic (exact) mass is 376 g/mol. The molecule has 0 unspecified atom stereocenters. The zero-order chi connectivity index (χ0) is 18.5. The van der Waals surface area contributed by atoms with E-state index in [9.17, 15) is 13.2 Å². The third-order valence-electron chi connectivity index (χ3n) is 5.76. The molecule has 0 nitrogen and oxygen atoms in total. The summed E-state index contributed by atoms with van der Waals surface area (Å²) in [6, 6.07) is 11.5. The number of halogens is 3. The molecule has 1 aliphatic carbocycles. The number of hydrogen-bond acceptors (Lipinski definition) is 0. The zero-order valence-corrected chi connectivity index (χ0v) is 16.8. The van der Waals surface area contributed by atoms with Gasteiger partial charge in [-0.15, -0.1) is 0 Å². The van der Waals surface area contributed by atoms with E-state index in [1.54, 1.807) is 0 Å². The summed E-state index contributed by atoms with van der Waals surface area (Å²) in [4.78, 5) is 0. The smallest absolute Gasteiger partial charge is 0.194 e. The minimum atomic E-state index is -1.41. The topological polar surface area (TPSA) is 0 Å². The first-order valence-corrected chi connectivity index (χ1v) is 12.2. The summed E-state index contributed by atoms with van der Waals surface area (Å²) < 4.78 is 40.0. The van der Waals surface area contributed by atoms with E-state index >= 15 is 0 Å². The molecule has 1 saturated carbocycles. The predicted molar refractivity (Wildman–Crippen MR) is 105 cm³/mol. The Morgan fingerprint density at radius 2 is 1.50 bits per heavy atom. The second-order valence-corrected chi connectivity index (χ2v) is 9.30. The van der Waals surface area contributed by atoms with E-state index in [0.717, 1.165) is 18.1 Å². The van der Waals surface area contributed by atoms with Crippen molar-refractivity contribution in [3.05, 3.63) is 59.4 Å². The molecular weight excluding hydrogens is 349 g/mol. The lowest BCUT2D eigenvalue weighted by Crippen LogP contribution is -2.13. The Bertz CT molecular complexity index is 696. The first-order valence-electron chi connectivity index (χ1n) is 9.83. The normalized spacial score (nSPS) is 20.8. The Kier molecular flexibility index (Phi) is 6.57. The lowest BCUT2D eigenvalue weighted by molar-refractivity contribution is 0.308. The minimum absolute atomic E-state index is 0.214. The average molecular weight is 377 g/mol. The van der Waals surface area contributed by atoms with Crippen LogP contribution < -0.4 is 0 Å². The first kappa shape index (κ1) is 19.2. The zero-order valence-electron chi connectivity index (χ0n) is 15.4. The third kappa shape index (κ3) is 4.59. The molecule has 0 aromatic heterocycles. The van der Waals surface area contributed by atoms with Crippen molar-refractivity contribution in [1.82, 2.24) is 0 Å². The highest BCUT2D eigenvalue weighted by Crippen LogP contribution is 2.38. The second-order valence-electron chi connectivity index (χ2n) is 7.59. The van der Waals surface area contributed by atoms with Gasteiger partial charge in [0.2, 0.25) is 0 Å². The largest absolute Gasteiger partial charge is 0.204 e. The maximum atomic E-state index is 13.4. The molecule has 2 aromatic carbocycles. The fourth-order valence-electron chi connectivity index (χ4n) is 4.14. The molecule has 26 heavy (non-hydrogen) atoms. The van der Waals surface area contributed by atoms with Crippen LogP contribution in [0.25, 0.3) is 11.1 Å². The van der Waals surface area contributed by atoms with E-state index in [4.69, 9.17) is 0 Å². The van der Waals surface area contributed by atoms with E-state index < -0.39 is 17.5 Å². The van der Waals surface area contributed by atoms with Gasteiger partial charge >= 0.3 is 0 Å². The summed E-state index contributed by atoms with van der Waals surface area (Å²) in [6.45, 7) is 2.38. The van der Waals surface area contributed by atoms with Crippen LogP contribution in [0.5, 0.6) is 0 Å². The van der Waals surface area contributed by atoms with Crippen molar-refractivity contribution in [3.63, 3.8) is 0 Å². The van der Waals surface area contributed by atoms with Crippen LogP contribution in [0.3, 0.4) is 0 Å². The van der Waals surface area contributed by atoms with Crippen molar-refractivity contribution in [3.8, 4) is 11.1 Å². The molecule has 0 saturated heterocycles. The molecule has 140 valence electrons. The van der Waals surface area contributed by atoms with Crippen LogP contribution in [0.4, 0.5) is 13.2 Å². The van der Waals surface area contributed by atoms with Crippen LogP contribution in [0, 0.1) is 23.4 Å². The predicted octanol–water partition coefficient (Wildman–Crippen LogP) is 6.46. The average Bonchev–Trinajstić information content (AvgIpc) is 2.67. The third-order valence-corrected chi connectivity index (χ3v) is 6.97. The molecule has 0 N–H and O–H groups in total. The molecule has 0 radical (unpaired) electrons. The number of benzene rings is 2. The van der Waals surface area contributed by atoms with Crippen molar-refractivity contribution < 1.29 is 13.2 Å². The van der Waals surface area contributed by atoms with E-state index in [-0.39, 0.29) is 9.52 Å². The van der Waals surface area contributed by atoms with Gasteiger partial charge in [0.1, 0.15) is 0 Å². The quantitative estimate of drug-likeness (QED) is 0.308. The molecule has 0 aliphatic heterocycles. The summed E-state index contributed by atoms with van der Waals surface area (Å²) in [5, 5.41) is 0. The molecular formula is C22H27F3Si. The molecule has 1 aliphatic rings. The van der Waals surface area contributed by atoms with Gasteiger partial charge in [0.05, 0.1) is 0 Å². The lowest BCUT2D eigenvalue weighted by atomic mass is 9.77. The fraction of sp³-hybridized carbons (Fsp3) is 0.455. The van der Waals surface area contributed by atoms with Gasteiger partial charge in [-0.3, -0.25) is 0 Å². The van der Waals surface area contributed by atoms with Gasteiger partial charge in [-0.2, -0.15) is 0 Å². The van der Waals surface area contributed by atoms with Gasteiger partial charge in [0, 0.05) is 9.52 Å². The molecule has 0 bridgehead atoms. The Morgan fingerprint density at radius 1 is 0.885 bits per heavy atom. The van der Waals surface area contributed by atoms with Crippen LogP contribution in [0.15, 0.2) is 36.4 Å². The Hall–Kier alpha value is -1.55. The van der Waals surface area contributed by atoms with Crippen molar-refractivity contribution >= 4 is 9.52 Å². The van der Waals surface area contributed by atoms with Crippen LogP contribution >= 0.6 is 0 Å². The maximum Gasteiger partial charge on any atom is 0.194 e. The van der Waals surface area contributed by atoms with Crippen molar-refractivity contribution in [2.75, 3.05) is 0 Å². The number of rotatable bonds is 6. The summed E-state index contributed by atoms with van der Waals surface area (Å²) in [7, 11) is 0.214. The van der Waals surface area contributed by atoms with Gasteiger partial charge in [0.25, 0.3) is 0 Å². The molecule has 0 atom stereocenters. The molecule has 4 heteroatoms. The molecule has 3 rings (SSSR count). The van der Waals surface area contributed by atoms with Crippen LogP contribution in [-0.2, 0) is 0 Å². The Morgan fingerprint density at radius 3 is 2.08 bits per heavy atom. The van der Waals surface area contributed by atoms with E-state index in [0.29, 0.717) is 17.0 Å². The highest BCUT2D eigenvalue weighted by atomic mass is 28.2. The van der Waals surface area contributed by atoms with Gasteiger partial charge in [0.15, 0.2) is 17.5 Å². The van der Waals surface area contributed by atoms with Crippen LogP contribution in [-0.4, -0.2) is 9.52 Å². The van der Waals surface area contributed by atoms with Crippen molar-refractivity contribution in [2.24, 2.45) is 5.92 Å². The van der Waals surface area contributed by atoms with E-state index in [2.05, 4.69) is 18.7 Å². The maximum absolute atomic E-state index is 13.4. The lowest BCUT2D eigenvalue weighted by Gasteiger charge is -2.29. The van der Waals surface area contributed by atoms with Gasteiger partial charge < -0.3 is 0 Å². The van der Waals surface area contributed by atoms with Crippen LogP contribution in [0.1, 0.15) is 50.0 Å². The SMILES string of the molecule is C[SiH2]CCCC1CCC(c2ccc(-c3cc(F)c(F)c(F)c3)cc2)CC1. The summed E-state index contributed by atoms with van der Waals surface area (Å²) in [5.74, 6) is -2.22. The molecule has 0 heterocycles. The highest BCUT2D eigenvalue weighted by Gasteiger charge is 2.22. The summed E-state index contributed by atoms with van der Waals surface area (Å²) >= 11 is 0. The molecule has 2 aromatic rings. The van der Waals surface area contributed by atoms with Crippen molar-refractivity contribution in [2.45, 2.75) is 57.0 Å². The van der Waals surface area contributed by atoms with Gasteiger partial charge in [-0.05, 0) is 66.3 Å².